The van der Waals surface area contributed by atoms with Crippen molar-refractivity contribution >= 4 is 11.6 Å². The molecule has 3 nitrogen and oxygen atoms in total. The van der Waals surface area contributed by atoms with Crippen LogP contribution >= 0.6 is 0 Å². The second-order valence-corrected chi connectivity index (χ2v) is 5.73. The van der Waals surface area contributed by atoms with Gasteiger partial charge in [-0.3, -0.25) is 4.79 Å². The summed E-state index contributed by atoms with van der Waals surface area (Å²) in [5, 5.41) is 3.04. The van der Waals surface area contributed by atoms with Crippen molar-refractivity contribution in [1.82, 2.24) is 0 Å². The number of hydrogen-bond acceptors (Lipinski definition) is 2. The highest BCUT2D eigenvalue weighted by Crippen LogP contribution is 2.48. The summed E-state index contributed by atoms with van der Waals surface area (Å²) in [6, 6.07) is 7.63. The minimum absolute atomic E-state index is 0.205. The largest absolute Gasteiger partial charge is 0.494 e. The van der Waals surface area contributed by atoms with Gasteiger partial charge in [-0.2, -0.15) is 0 Å². The second kappa shape index (κ2) is 5.24. The number of amides is 1. The van der Waals surface area contributed by atoms with Gasteiger partial charge in [0.2, 0.25) is 5.91 Å². The fraction of sp³-hybridized carbons (Fsp3) is 0.562. The smallest absolute Gasteiger partial charge is 0.227 e. The van der Waals surface area contributed by atoms with E-state index in [2.05, 4.69) is 5.32 Å². The van der Waals surface area contributed by atoms with Crippen LogP contribution in [0.5, 0.6) is 5.75 Å². The fourth-order valence-electron chi connectivity index (χ4n) is 3.60. The van der Waals surface area contributed by atoms with Gasteiger partial charge in [-0.15, -0.1) is 0 Å². The van der Waals surface area contributed by atoms with E-state index in [0.29, 0.717) is 12.5 Å². The van der Waals surface area contributed by atoms with Crippen molar-refractivity contribution < 1.29 is 9.53 Å². The molecule has 1 amide bonds. The number of nitrogens with one attached hydrogen (secondary N) is 1. The molecule has 1 aromatic carbocycles. The number of ether oxygens (including phenoxy) is 1. The van der Waals surface area contributed by atoms with Crippen LogP contribution in [0.3, 0.4) is 0 Å². The van der Waals surface area contributed by atoms with Gasteiger partial charge in [0, 0.05) is 11.6 Å². The van der Waals surface area contributed by atoms with Crippen LogP contribution in [0.15, 0.2) is 24.3 Å². The summed E-state index contributed by atoms with van der Waals surface area (Å²) in [5.74, 6) is 2.73. The minimum atomic E-state index is 0.205. The van der Waals surface area contributed by atoms with Crippen molar-refractivity contribution in [3.05, 3.63) is 24.3 Å². The van der Waals surface area contributed by atoms with E-state index in [1.807, 2.05) is 31.2 Å². The number of carbonyl (C=O) groups excluding carboxylic acids is 1. The zero-order valence-corrected chi connectivity index (χ0v) is 11.4. The van der Waals surface area contributed by atoms with Crippen LogP contribution in [0.2, 0.25) is 0 Å². The van der Waals surface area contributed by atoms with Gasteiger partial charge in [0.1, 0.15) is 5.75 Å². The standard InChI is InChI=1S/C16H21NO2/c1-2-19-14-7-5-13(6-8-14)17-16(18)15-10-11-3-4-12(15)9-11/h5-8,11-12,15H,2-4,9-10H2,1H3,(H,17,18)/t11-,12-,15+/m0/s1. The van der Waals surface area contributed by atoms with Gasteiger partial charge in [-0.25, -0.2) is 0 Å². The van der Waals surface area contributed by atoms with Gasteiger partial charge in [-0.1, -0.05) is 6.42 Å². The minimum Gasteiger partial charge on any atom is -0.494 e. The monoisotopic (exact) mass is 259 g/mol. The highest BCUT2D eigenvalue weighted by atomic mass is 16.5. The van der Waals surface area contributed by atoms with Gasteiger partial charge in [0.15, 0.2) is 0 Å². The number of anilines is 1. The highest BCUT2D eigenvalue weighted by Gasteiger charge is 2.42. The Labute approximate surface area is 114 Å². The number of benzene rings is 1. The fourth-order valence-corrected chi connectivity index (χ4v) is 3.60. The maximum atomic E-state index is 12.3. The lowest BCUT2D eigenvalue weighted by Crippen LogP contribution is -2.27. The zero-order chi connectivity index (χ0) is 13.2. The highest BCUT2D eigenvalue weighted by molar-refractivity contribution is 5.93. The Morgan fingerprint density at radius 3 is 2.63 bits per heavy atom. The van der Waals surface area contributed by atoms with E-state index in [0.717, 1.165) is 23.8 Å². The molecule has 2 fully saturated rings. The van der Waals surface area contributed by atoms with Gasteiger partial charge in [-0.05, 0) is 62.3 Å². The molecule has 0 aromatic heterocycles. The number of fused-ring (bicyclic) bond motifs is 2. The first-order valence-electron chi connectivity index (χ1n) is 7.30. The number of carbonyl (C=O) groups is 1. The third-order valence-electron chi connectivity index (χ3n) is 4.51. The molecule has 0 saturated heterocycles. The van der Waals surface area contributed by atoms with E-state index in [9.17, 15) is 4.79 Å². The van der Waals surface area contributed by atoms with Crippen LogP contribution in [0.25, 0.3) is 0 Å². The molecule has 2 aliphatic carbocycles. The summed E-state index contributed by atoms with van der Waals surface area (Å²) in [5.41, 5.74) is 0.872. The van der Waals surface area contributed by atoms with Crippen LogP contribution in [0, 0.1) is 17.8 Å². The predicted octanol–water partition coefficient (Wildman–Crippen LogP) is 3.46. The summed E-state index contributed by atoms with van der Waals surface area (Å²) in [6.07, 6.45) is 4.93. The molecule has 19 heavy (non-hydrogen) atoms. The number of rotatable bonds is 4. The first-order valence-corrected chi connectivity index (χ1v) is 7.30. The van der Waals surface area contributed by atoms with Crippen molar-refractivity contribution in [3.8, 4) is 5.75 Å². The molecule has 2 saturated carbocycles. The Balaban J connectivity index is 1.60. The van der Waals surface area contributed by atoms with Crippen molar-refractivity contribution in [2.45, 2.75) is 32.6 Å². The van der Waals surface area contributed by atoms with Crippen LogP contribution < -0.4 is 10.1 Å². The molecule has 2 bridgehead atoms. The SMILES string of the molecule is CCOc1ccc(NC(=O)[C@@H]2C[C@H]3CC[C@H]2C3)cc1. The maximum absolute atomic E-state index is 12.3. The van der Waals surface area contributed by atoms with E-state index in [1.54, 1.807) is 0 Å². The maximum Gasteiger partial charge on any atom is 0.227 e. The third-order valence-corrected chi connectivity index (χ3v) is 4.51. The normalized spacial score (nSPS) is 28.4. The lowest BCUT2D eigenvalue weighted by Gasteiger charge is -2.20. The third kappa shape index (κ3) is 2.60. The van der Waals surface area contributed by atoms with Gasteiger partial charge in [0.05, 0.1) is 6.61 Å². The molecule has 0 spiro atoms. The number of hydrogen-bond donors (Lipinski definition) is 1. The van der Waals surface area contributed by atoms with E-state index < -0.39 is 0 Å². The summed E-state index contributed by atoms with van der Waals surface area (Å²) >= 11 is 0. The summed E-state index contributed by atoms with van der Waals surface area (Å²) < 4.78 is 5.39. The molecule has 0 aliphatic heterocycles. The molecule has 0 heterocycles. The molecule has 3 heteroatoms. The van der Waals surface area contributed by atoms with Crippen LogP contribution in [-0.2, 0) is 4.79 Å². The molecular formula is C16H21NO2. The van der Waals surface area contributed by atoms with Crippen molar-refractivity contribution in [3.63, 3.8) is 0 Å². The van der Waals surface area contributed by atoms with E-state index in [4.69, 9.17) is 4.74 Å². The molecule has 3 atom stereocenters. The van der Waals surface area contributed by atoms with Gasteiger partial charge < -0.3 is 10.1 Å². The van der Waals surface area contributed by atoms with Crippen LogP contribution in [-0.4, -0.2) is 12.5 Å². The van der Waals surface area contributed by atoms with Crippen molar-refractivity contribution in [2.24, 2.45) is 17.8 Å². The zero-order valence-electron chi connectivity index (χ0n) is 11.4. The quantitative estimate of drug-likeness (QED) is 0.899. The average molecular weight is 259 g/mol. The molecular weight excluding hydrogens is 238 g/mol. The molecule has 1 aromatic rings. The van der Waals surface area contributed by atoms with Crippen LogP contribution in [0.1, 0.15) is 32.6 Å². The summed E-state index contributed by atoms with van der Waals surface area (Å²) in [4.78, 5) is 12.3. The lowest BCUT2D eigenvalue weighted by atomic mass is 9.88. The van der Waals surface area contributed by atoms with Crippen molar-refractivity contribution in [2.75, 3.05) is 11.9 Å². The van der Waals surface area contributed by atoms with E-state index >= 15 is 0 Å². The molecule has 2 aliphatic rings. The molecule has 1 N–H and O–H groups in total. The lowest BCUT2D eigenvalue weighted by molar-refractivity contribution is -0.121. The molecule has 102 valence electrons. The Kier molecular flexibility index (Phi) is 3.45. The first kappa shape index (κ1) is 12.5. The Hall–Kier alpha value is -1.51. The predicted molar refractivity (Wildman–Crippen MR) is 75.2 cm³/mol. The van der Waals surface area contributed by atoms with Crippen molar-refractivity contribution in [1.29, 1.82) is 0 Å². The Morgan fingerprint density at radius 2 is 2.05 bits per heavy atom. The molecule has 0 unspecified atom stereocenters. The Morgan fingerprint density at radius 1 is 1.26 bits per heavy atom. The summed E-state index contributed by atoms with van der Waals surface area (Å²) in [6.45, 7) is 2.63. The second-order valence-electron chi connectivity index (χ2n) is 5.73. The summed E-state index contributed by atoms with van der Waals surface area (Å²) in [7, 11) is 0. The first-order chi connectivity index (χ1) is 9.26. The van der Waals surface area contributed by atoms with E-state index in [-0.39, 0.29) is 11.8 Å². The topological polar surface area (TPSA) is 38.3 Å². The van der Waals surface area contributed by atoms with Gasteiger partial charge >= 0.3 is 0 Å². The molecule has 0 radical (unpaired) electrons. The average Bonchev–Trinajstić information content (AvgIpc) is 3.04. The van der Waals surface area contributed by atoms with E-state index in [1.165, 1.54) is 19.3 Å². The molecule has 3 rings (SSSR count). The van der Waals surface area contributed by atoms with Crippen LogP contribution in [0.4, 0.5) is 5.69 Å². The van der Waals surface area contributed by atoms with Gasteiger partial charge in [0.25, 0.3) is 0 Å². The Bertz CT molecular complexity index is 454.